The molecule has 1 atom stereocenters. The molecule has 3 aliphatic rings. The molecule has 0 radical (unpaired) electrons. The van der Waals surface area contributed by atoms with Gasteiger partial charge in [0.2, 0.25) is 0 Å². The van der Waals surface area contributed by atoms with Crippen molar-refractivity contribution in [2.75, 3.05) is 4.90 Å². The summed E-state index contributed by atoms with van der Waals surface area (Å²) in [5.41, 5.74) is 5.17. The molecule has 3 aliphatic heterocycles. The summed E-state index contributed by atoms with van der Waals surface area (Å²) >= 11 is 6.40. The molecule has 0 saturated carbocycles. The van der Waals surface area contributed by atoms with E-state index in [9.17, 15) is 9.59 Å². The third-order valence-electron chi connectivity index (χ3n) is 6.73. The van der Waals surface area contributed by atoms with Crippen LogP contribution in [0.1, 0.15) is 56.4 Å². The number of amides is 2. The molecule has 0 aromatic heterocycles. The number of hydrogen-bond donors (Lipinski definition) is 1. The number of nitrogens with zero attached hydrogens (tertiary/aromatic N) is 1. The fraction of sp³-hybridized carbons (Fsp3) is 0.320. The topological polar surface area (TPSA) is 49.4 Å². The lowest BCUT2D eigenvalue weighted by Gasteiger charge is -2.50. The minimum atomic E-state index is -0.417. The summed E-state index contributed by atoms with van der Waals surface area (Å²) < 4.78 is 0.399. The fourth-order valence-electron chi connectivity index (χ4n) is 5.46. The molecule has 1 unspecified atom stereocenters. The Kier molecular flexibility index (Phi) is 4.47. The molecule has 158 valence electrons. The second kappa shape index (κ2) is 6.78. The normalized spacial score (nSPS) is 26.3. The van der Waals surface area contributed by atoms with Crippen LogP contribution in [0.25, 0.3) is 5.57 Å². The van der Waals surface area contributed by atoms with Crippen molar-refractivity contribution in [3.63, 3.8) is 0 Å². The van der Waals surface area contributed by atoms with Crippen LogP contribution in [0.5, 0.6) is 0 Å². The van der Waals surface area contributed by atoms with E-state index in [0.717, 1.165) is 35.2 Å². The highest BCUT2D eigenvalue weighted by atomic mass is 32.2. The van der Waals surface area contributed by atoms with Gasteiger partial charge in [-0.05, 0) is 49.4 Å². The summed E-state index contributed by atoms with van der Waals surface area (Å²) in [5, 5.41) is 2.68. The predicted octanol–water partition coefficient (Wildman–Crippen LogP) is 4.94. The van der Waals surface area contributed by atoms with Crippen LogP contribution in [0.4, 0.5) is 5.69 Å². The van der Waals surface area contributed by atoms with E-state index in [1.54, 1.807) is 0 Å². The quantitative estimate of drug-likeness (QED) is 0.522. The number of benzene rings is 2. The van der Waals surface area contributed by atoms with Crippen LogP contribution in [0.15, 0.2) is 47.4 Å². The lowest BCUT2D eigenvalue weighted by atomic mass is 9.65. The molecule has 4 nitrogen and oxygen atoms in total. The van der Waals surface area contributed by atoms with Crippen molar-refractivity contribution in [2.24, 2.45) is 0 Å². The lowest BCUT2D eigenvalue weighted by molar-refractivity contribution is -0.116. The first-order chi connectivity index (χ1) is 14.7. The highest BCUT2D eigenvalue weighted by Crippen LogP contribution is 2.57. The maximum absolute atomic E-state index is 13.8. The molecule has 2 aromatic rings. The summed E-state index contributed by atoms with van der Waals surface area (Å²) in [6, 6.07) is 14.9. The van der Waals surface area contributed by atoms with Gasteiger partial charge in [0.25, 0.3) is 11.8 Å². The minimum absolute atomic E-state index is 0.105. The zero-order chi connectivity index (χ0) is 22.1. The summed E-state index contributed by atoms with van der Waals surface area (Å²) in [6.45, 7) is 8.63. The lowest BCUT2D eigenvalue weighted by Crippen LogP contribution is -2.54. The van der Waals surface area contributed by atoms with Crippen LogP contribution in [0, 0.1) is 0 Å². The van der Waals surface area contributed by atoms with Crippen LogP contribution < -0.4 is 10.2 Å². The Balaban J connectivity index is 1.87. The van der Waals surface area contributed by atoms with E-state index in [2.05, 4.69) is 69.4 Å². The third kappa shape index (κ3) is 2.84. The van der Waals surface area contributed by atoms with E-state index in [-0.39, 0.29) is 17.2 Å². The Labute approximate surface area is 192 Å². The summed E-state index contributed by atoms with van der Waals surface area (Å²) in [7, 11) is 0. The number of nitrogens with one attached hydrogen (secondary N) is 1. The average molecular weight is 449 g/mol. The van der Waals surface area contributed by atoms with Gasteiger partial charge < -0.3 is 10.2 Å². The summed E-state index contributed by atoms with van der Waals surface area (Å²) in [4.78, 5) is 28.8. The van der Waals surface area contributed by atoms with E-state index in [1.807, 2.05) is 11.0 Å². The van der Waals surface area contributed by atoms with Gasteiger partial charge in [-0.15, -0.1) is 0 Å². The first-order valence-electron chi connectivity index (χ1n) is 10.5. The molecule has 1 fully saturated rings. The number of aryl methyl sites for hydroxylation is 1. The van der Waals surface area contributed by atoms with Crippen molar-refractivity contribution < 1.29 is 9.59 Å². The maximum Gasteiger partial charge on any atom is 0.264 e. The Morgan fingerprint density at radius 2 is 1.84 bits per heavy atom. The highest BCUT2D eigenvalue weighted by Gasteiger charge is 2.54. The van der Waals surface area contributed by atoms with Gasteiger partial charge >= 0.3 is 0 Å². The first-order valence-corrected chi connectivity index (χ1v) is 11.7. The maximum atomic E-state index is 13.8. The molecule has 2 aromatic carbocycles. The molecule has 1 saturated heterocycles. The van der Waals surface area contributed by atoms with Gasteiger partial charge in [-0.25, -0.2) is 0 Å². The SMILES string of the molecule is CCc1cc2c3c(c1)C(C)(c1ccccc1)CC(C)(C)N3C(=O)C2=C1SC(=S)NC1=O. The standard InChI is InChI=1S/C25H24N2O2S2/c1-5-14-11-16-18(20-21(28)26-23(30)31-20)22(29)27-19(16)17(12-14)25(4,13-24(27,2)3)15-9-7-6-8-10-15/h6-12H,5,13H2,1-4H3,(H,26,28,30). The fourth-order valence-corrected chi connectivity index (χ4v) is 6.57. The molecule has 31 heavy (non-hydrogen) atoms. The van der Waals surface area contributed by atoms with Crippen LogP contribution >= 0.6 is 24.0 Å². The van der Waals surface area contributed by atoms with Crippen molar-refractivity contribution in [3.8, 4) is 0 Å². The van der Waals surface area contributed by atoms with Crippen LogP contribution in [0.2, 0.25) is 0 Å². The van der Waals surface area contributed by atoms with E-state index < -0.39 is 5.54 Å². The van der Waals surface area contributed by atoms with Crippen molar-refractivity contribution in [2.45, 2.75) is 51.5 Å². The van der Waals surface area contributed by atoms with Crippen molar-refractivity contribution in [1.29, 1.82) is 0 Å². The van der Waals surface area contributed by atoms with Crippen LogP contribution in [-0.2, 0) is 21.4 Å². The van der Waals surface area contributed by atoms with Crippen molar-refractivity contribution in [1.82, 2.24) is 5.32 Å². The van der Waals surface area contributed by atoms with E-state index in [4.69, 9.17) is 12.2 Å². The largest absolute Gasteiger partial charge is 0.307 e. The van der Waals surface area contributed by atoms with Gasteiger partial charge in [0.1, 0.15) is 4.32 Å². The minimum Gasteiger partial charge on any atom is -0.307 e. The number of rotatable bonds is 2. The van der Waals surface area contributed by atoms with Gasteiger partial charge in [-0.3, -0.25) is 9.59 Å². The smallest absolute Gasteiger partial charge is 0.264 e. The Morgan fingerprint density at radius 3 is 2.45 bits per heavy atom. The zero-order valence-electron chi connectivity index (χ0n) is 18.0. The summed E-state index contributed by atoms with van der Waals surface area (Å²) in [5.74, 6) is -0.385. The molecule has 0 bridgehead atoms. The highest BCUT2D eigenvalue weighted by molar-refractivity contribution is 8.27. The molecule has 3 heterocycles. The van der Waals surface area contributed by atoms with Crippen LogP contribution in [-0.4, -0.2) is 21.7 Å². The molecule has 0 aliphatic carbocycles. The molecule has 6 heteroatoms. The zero-order valence-corrected chi connectivity index (χ0v) is 19.7. The monoisotopic (exact) mass is 448 g/mol. The average Bonchev–Trinajstić information content (AvgIpc) is 3.21. The van der Waals surface area contributed by atoms with Gasteiger partial charge in [0, 0.05) is 16.5 Å². The predicted molar refractivity (Wildman–Crippen MR) is 130 cm³/mol. The Morgan fingerprint density at radius 1 is 1.13 bits per heavy atom. The van der Waals surface area contributed by atoms with E-state index >= 15 is 0 Å². The van der Waals surface area contributed by atoms with E-state index in [1.165, 1.54) is 17.3 Å². The molecule has 1 N–H and O–H groups in total. The second-order valence-corrected chi connectivity index (χ2v) is 11.0. The second-order valence-electron chi connectivity index (χ2n) is 9.27. The molecular formula is C25H24N2O2S2. The molecular weight excluding hydrogens is 424 g/mol. The third-order valence-corrected chi connectivity index (χ3v) is 7.96. The van der Waals surface area contributed by atoms with Gasteiger partial charge in [0.05, 0.1) is 16.2 Å². The van der Waals surface area contributed by atoms with Crippen molar-refractivity contribution in [3.05, 3.63) is 69.6 Å². The first kappa shape index (κ1) is 20.5. The number of thioether (sulfide) groups is 1. The van der Waals surface area contributed by atoms with Gasteiger partial charge in [0.15, 0.2) is 0 Å². The number of carbonyl (C=O) groups excluding carboxylic acids is 2. The van der Waals surface area contributed by atoms with Gasteiger partial charge in [-0.1, -0.05) is 74.2 Å². The molecule has 0 spiro atoms. The number of carbonyl (C=O) groups is 2. The van der Waals surface area contributed by atoms with Crippen LogP contribution in [0.3, 0.4) is 0 Å². The Bertz CT molecular complexity index is 1200. The summed E-state index contributed by atoms with van der Waals surface area (Å²) in [6.07, 6.45) is 1.64. The van der Waals surface area contributed by atoms with E-state index in [0.29, 0.717) is 14.8 Å². The Hall–Kier alpha value is -2.44. The number of hydrogen-bond acceptors (Lipinski definition) is 4. The number of anilines is 1. The number of thiocarbonyl (C=S) groups is 1. The van der Waals surface area contributed by atoms with Crippen molar-refractivity contribution >= 4 is 51.4 Å². The molecule has 2 amide bonds. The molecule has 5 rings (SSSR count). The van der Waals surface area contributed by atoms with Gasteiger partial charge in [-0.2, -0.15) is 0 Å².